The average molecular weight is 382 g/mol. The Hall–Kier alpha value is -0.640. The van der Waals surface area contributed by atoms with E-state index < -0.39 is 0 Å². The van der Waals surface area contributed by atoms with Gasteiger partial charge in [-0.15, -0.1) is 0 Å². The van der Waals surface area contributed by atoms with E-state index in [0.29, 0.717) is 13.1 Å². The van der Waals surface area contributed by atoms with Crippen LogP contribution in [0.2, 0.25) is 0 Å². The summed E-state index contributed by atoms with van der Waals surface area (Å²) in [4.78, 5) is 2.17. The molecular weight excluding hydrogens is 334 g/mol. The molecule has 0 aromatic rings. The van der Waals surface area contributed by atoms with Crippen molar-refractivity contribution in [3.63, 3.8) is 0 Å². The van der Waals surface area contributed by atoms with Crippen LogP contribution >= 0.6 is 0 Å². The lowest BCUT2D eigenvalue weighted by molar-refractivity contribution is 0.0825. The van der Waals surface area contributed by atoms with E-state index in [0.717, 1.165) is 13.0 Å². The summed E-state index contributed by atoms with van der Waals surface area (Å²) in [7, 11) is 0. The summed E-state index contributed by atoms with van der Waals surface area (Å²) < 4.78 is 0. The molecule has 0 aliphatic carbocycles. The zero-order valence-electron chi connectivity index (χ0n) is 18.4. The van der Waals surface area contributed by atoms with Crippen LogP contribution in [0.5, 0.6) is 0 Å². The van der Waals surface area contributed by atoms with Crippen molar-refractivity contribution in [2.75, 3.05) is 19.6 Å². The first-order valence-electron chi connectivity index (χ1n) is 11.4. The second-order valence-electron chi connectivity index (χ2n) is 8.03. The molecule has 0 spiro atoms. The molecule has 0 radical (unpaired) electrons. The zero-order valence-corrected chi connectivity index (χ0v) is 18.4. The van der Waals surface area contributed by atoms with E-state index in [1.807, 2.05) is 13.8 Å². The van der Waals surface area contributed by atoms with Crippen molar-refractivity contribution in [3.05, 3.63) is 24.3 Å². The number of hydrogen-bond donors (Lipinski definition) is 2. The highest BCUT2D eigenvalue weighted by Gasteiger charge is 2.10. The van der Waals surface area contributed by atoms with Gasteiger partial charge >= 0.3 is 0 Å². The van der Waals surface area contributed by atoms with Crippen LogP contribution in [-0.4, -0.2) is 47.0 Å². The molecule has 0 aliphatic heterocycles. The largest absolute Gasteiger partial charge is 0.392 e. The van der Waals surface area contributed by atoms with Crippen molar-refractivity contribution in [1.29, 1.82) is 0 Å². The third-order valence-corrected chi connectivity index (χ3v) is 4.70. The number of unbranched alkanes of at least 4 members (excludes halogenated alkanes) is 9. The molecule has 3 heteroatoms. The molecule has 27 heavy (non-hydrogen) atoms. The Balaban J connectivity index is 3.49. The molecule has 0 fully saturated rings. The van der Waals surface area contributed by atoms with Gasteiger partial charge in [-0.1, -0.05) is 63.3 Å². The number of aliphatic hydroxyl groups is 2. The predicted octanol–water partition coefficient (Wildman–Crippen LogP) is 5.86. The van der Waals surface area contributed by atoms with Crippen molar-refractivity contribution < 1.29 is 10.2 Å². The fourth-order valence-electron chi connectivity index (χ4n) is 3.31. The van der Waals surface area contributed by atoms with Crippen LogP contribution in [0.4, 0.5) is 0 Å². The first-order chi connectivity index (χ1) is 13.1. The maximum Gasteiger partial charge on any atom is 0.0639 e. The number of hydrogen-bond acceptors (Lipinski definition) is 3. The molecule has 0 bridgehead atoms. The van der Waals surface area contributed by atoms with Crippen molar-refractivity contribution in [3.8, 4) is 0 Å². The first kappa shape index (κ1) is 26.4. The van der Waals surface area contributed by atoms with Crippen LogP contribution in [0.1, 0.15) is 97.8 Å². The number of rotatable bonds is 19. The van der Waals surface area contributed by atoms with Gasteiger partial charge in [0.2, 0.25) is 0 Å². The van der Waals surface area contributed by atoms with Gasteiger partial charge in [-0.3, -0.25) is 4.90 Å². The van der Waals surface area contributed by atoms with Crippen LogP contribution in [0.15, 0.2) is 24.3 Å². The Morgan fingerprint density at radius 2 is 1.07 bits per heavy atom. The van der Waals surface area contributed by atoms with Gasteiger partial charge in [0.1, 0.15) is 0 Å². The molecule has 2 unspecified atom stereocenters. The van der Waals surface area contributed by atoms with Gasteiger partial charge in [-0.25, -0.2) is 0 Å². The number of nitrogens with zero attached hydrogens (tertiary/aromatic N) is 1. The minimum Gasteiger partial charge on any atom is -0.392 e. The van der Waals surface area contributed by atoms with Crippen molar-refractivity contribution in [2.24, 2.45) is 0 Å². The maximum absolute atomic E-state index is 9.54. The maximum atomic E-state index is 9.54. The van der Waals surface area contributed by atoms with Crippen LogP contribution in [-0.2, 0) is 0 Å². The van der Waals surface area contributed by atoms with Crippen molar-refractivity contribution in [2.45, 2.75) is 110 Å². The molecule has 0 aromatic heterocycles. The highest BCUT2D eigenvalue weighted by molar-refractivity contribution is 4.88. The fourth-order valence-corrected chi connectivity index (χ4v) is 3.31. The van der Waals surface area contributed by atoms with Gasteiger partial charge in [0.05, 0.1) is 12.2 Å². The summed E-state index contributed by atoms with van der Waals surface area (Å²) in [5, 5.41) is 19.1. The van der Waals surface area contributed by atoms with E-state index in [4.69, 9.17) is 0 Å². The first-order valence-corrected chi connectivity index (χ1v) is 11.4. The van der Waals surface area contributed by atoms with Gasteiger partial charge in [0, 0.05) is 13.1 Å². The second kappa shape index (κ2) is 20.1. The van der Waals surface area contributed by atoms with Crippen molar-refractivity contribution >= 4 is 0 Å². The quantitative estimate of drug-likeness (QED) is 0.217. The smallest absolute Gasteiger partial charge is 0.0639 e. The van der Waals surface area contributed by atoms with Gasteiger partial charge in [-0.05, 0) is 65.3 Å². The topological polar surface area (TPSA) is 43.7 Å². The fraction of sp³-hybridized carbons (Fsp3) is 0.833. The van der Waals surface area contributed by atoms with E-state index >= 15 is 0 Å². The van der Waals surface area contributed by atoms with E-state index in [1.165, 1.54) is 70.6 Å². The van der Waals surface area contributed by atoms with Gasteiger partial charge in [0.15, 0.2) is 0 Å². The van der Waals surface area contributed by atoms with E-state index in [2.05, 4.69) is 36.1 Å². The molecule has 0 aromatic carbocycles. The molecule has 0 heterocycles. The Morgan fingerprint density at radius 3 is 1.56 bits per heavy atom. The summed E-state index contributed by atoms with van der Waals surface area (Å²) in [6, 6.07) is 0. The standard InChI is InChI=1S/C24H47NO2/c1-4-5-6-7-8-9-10-11-12-13-14-15-16-17-18-19-20-25(21-23(2)26)22-24(3)27/h9-10,13-14,23-24,26-27H,4-8,11-12,15-22H2,1-3H3/b10-9+,14-13+. The summed E-state index contributed by atoms with van der Waals surface area (Å²) in [5.41, 5.74) is 0. The summed E-state index contributed by atoms with van der Waals surface area (Å²) >= 11 is 0. The monoisotopic (exact) mass is 381 g/mol. The third kappa shape index (κ3) is 21.5. The lowest BCUT2D eigenvalue weighted by Crippen LogP contribution is -2.36. The Bertz CT molecular complexity index is 340. The third-order valence-electron chi connectivity index (χ3n) is 4.70. The highest BCUT2D eigenvalue weighted by Crippen LogP contribution is 2.07. The summed E-state index contributed by atoms with van der Waals surface area (Å²) in [5.74, 6) is 0. The molecule has 3 nitrogen and oxygen atoms in total. The molecule has 0 saturated heterocycles. The minimum atomic E-state index is -0.329. The van der Waals surface area contributed by atoms with E-state index in [-0.39, 0.29) is 12.2 Å². The molecule has 0 amide bonds. The minimum absolute atomic E-state index is 0.329. The van der Waals surface area contributed by atoms with E-state index in [1.54, 1.807) is 0 Å². The molecule has 0 aliphatic rings. The summed E-state index contributed by atoms with van der Waals surface area (Å²) in [6.07, 6.45) is 23.8. The van der Waals surface area contributed by atoms with Gasteiger partial charge in [-0.2, -0.15) is 0 Å². The van der Waals surface area contributed by atoms with Crippen LogP contribution < -0.4 is 0 Å². The summed E-state index contributed by atoms with van der Waals surface area (Å²) in [6.45, 7) is 8.16. The Morgan fingerprint density at radius 1 is 0.630 bits per heavy atom. The molecule has 2 atom stereocenters. The number of aliphatic hydroxyl groups excluding tert-OH is 2. The van der Waals surface area contributed by atoms with Crippen LogP contribution in [0, 0.1) is 0 Å². The van der Waals surface area contributed by atoms with Crippen molar-refractivity contribution in [1.82, 2.24) is 4.90 Å². The molecule has 2 N–H and O–H groups in total. The second-order valence-corrected chi connectivity index (χ2v) is 8.03. The van der Waals surface area contributed by atoms with E-state index in [9.17, 15) is 10.2 Å². The lowest BCUT2D eigenvalue weighted by Gasteiger charge is -2.24. The lowest BCUT2D eigenvalue weighted by atomic mass is 10.1. The van der Waals surface area contributed by atoms with Crippen LogP contribution in [0.3, 0.4) is 0 Å². The average Bonchev–Trinajstić information content (AvgIpc) is 2.60. The molecular formula is C24H47NO2. The normalized spacial score (nSPS) is 14.6. The number of allylic oxidation sites excluding steroid dienone is 4. The molecule has 160 valence electrons. The Labute approximate surface area is 169 Å². The van der Waals surface area contributed by atoms with Gasteiger partial charge < -0.3 is 10.2 Å². The Kier molecular flexibility index (Phi) is 19.6. The van der Waals surface area contributed by atoms with Gasteiger partial charge in [0.25, 0.3) is 0 Å². The van der Waals surface area contributed by atoms with Crippen LogP contribution in [0.25, 0.3) is 0 Å². The zero-order chi connectivity index (χ0) is 20.2. The molecule has 0 saturated carbocycles. The molecule has 0 rings (SSSR count). The highest BCUT2D eigenvalue weighted by atomic mass is 16.3. The SMILES string of the molecule is CCCCCC/C=C/CC/C=C/CCCCCCN(CC(C)O)CC(C)O. The predicted molar refractivity (Wildman–Crippen MR) is 119 cm³/mol.